The normalized spacial score (nSPS) is 21.3. The lowest BCUT2D eigenvalue weighted by molar-refractivity contribution is -0.137. The number of carbonyl (C=O) groups excluding carboxylic acids is 1. The van der Waals surface area contributed by atoms with Crippen molar-refractivity contribution in [3.8, 4) is 0 Å². The number of hydrogen-bond donors (Lipinski definition) is 1. The van der Waals surface area contributed by atoms with Crippen molar-refractivity contribution in [3.63, 3.8) is 0 Å². The number of benzene rings is 1. The maximum atomic E-state index is 12.8. The molecule has 0 spiro atoms. The molecular weight excluding hydrogens is 337 g/mol. The Bertz CT molecular complexity index is 759. The second-order valence-electron chi connectivity index (χ2n) is 6.37. The minimum Gasteiger partial charge on any atom is -0.385 e. The number of carbonyl (C=O) groups is 1. The molecule has 9 heteroatoms. The molecule has 1 aliphatic carbocycles. The van der Waals surface area contributed by atoms with E-state index in [2.05, 4.69) is 22.6 Å². The third-order valence-corrected chi connectivity index (χ3v) is 4.52. The number of alkyl halides is 3. The summed E-state index contributed by atoms with van der Waals surface area (Å²) in [7, 11) is 0. The van der Waals surface area contributed by atoms with E-state index in [0.717, 1.165) is 42.7 Å². The van der Waals surface area contributed by atoms with Crippen molar-refractivity contribution in [2.24, 2.45) is 5.92 Å². The summed E-state index contributed by atoms with van der Waals surface area (Å²) in [4.78, 5) is 18.1. The maximum absolute atomic E-state index is 12.8. The number of amides is 1. The van der Waals surface area contributed by atoms with Crippen LogP contribution in [0.2, 0.25) is 0 Å². The Balaban J connectivity index is 1.65. The Kier molecular flexibility index (Phi) is 4.82. The van der Waals surface area contributed by atoms with Crippen LogP contribution >= 0.6 is 0 Å². The van der Waals surface area contributed by atoms with E-state index in [0.29, 0.717) is 5.92 Å². The molecule has 2 aromatic rings. The van der Waals surface area contributed by atoms with E-state index < -0.39 is 11.7 Å². The van der Waals surface area contributed by atoms with Gasteiger partial charge in [0.1, 0.15) is 11.0 Å². The Labute approximate surface area is 142 Å². The summed E-state index contributed by atoms with van der Waals surface area (Å²) >= 11 is 0. The van der Waals surface area contributed by atoms with Crippen LogP contribution in [-0.2, 0) is 11.0 Å². The molecule has 0 bridgehead atoms. The molecule has 1 saturated carbocycles. The summed E-state index contributed by atoms with van der Waals surface area (Å²) < 4.78 is 38.4. The Morgan fingerprint density at radius 3 is 2.84 bits per heavy atom. The molecule has 1 N–H and O–H groups in total. The summed E-state index contributed by atoms with van der Waals surface area (Å²) in [5, 5.41) is 10.3. The van der Waals surface area contributed by atoms with E-state index in [-0.39, 0.29) is 29.6 Å². The number of rotatable bonds is 4. The highest BCUT2D eigenvalue weighted by molar-refractivity contribution is 5.78. The fourth-order valence-electron chi connectivity index (χ4n) is 3.07. The van der Waals surface area contributed by atoms with E-state index in [4.69, 9.17) is 4.84 Å². The van der Waals surface area contributed by atoms with Gasteiger partial charge in [-0.2, -0.15) is 13.2 Å². The van der Waals surface area contributed by atoms with Gasteiger partial charge in [-0.05, 0) is 42.2 Å². The second kappa shape index (κ2) is 6.89. The summed E-state index contributed by atoms with van der Waals surface area (Å²) in [5.41, 5.74) is -0.504. The van der Waals surface area contributed by atoms with E-state index in [1.165, 1.54) is 6.07 Å². The second-order valence-corrected chi connectivity index (χ2v) is 6.37. The molecule has 1 heterocycles. The van der Waals surface area contributed by atoms with Crippen molar-refractivity contribution in [2.75, 3.05) is 6.61 Å². The van der Waals surface area contributed by atoms with Crippen molar-refractivity contribution < 1.29 is 22.8 Å². The molecule has 2 atom stereocenters. The molecule has 25 heavy (non-hydrogen) atoms. The first kappa shape index (κ1) is 17.5. The highest BCUT2D eigenvalue weighted by Crippen LogP contribution is 2.30. The minimum absolute atomic E-state index is 0.0636. The Hall–Kier alpha value is -2.32. The van der Waals surface area contributed by atoms with Crippen LogP contribution in [0.3, 0.4) is 0 Å². The van der Waals surface area contributed by atoms with Crippen LogP contribution in [0.1, 0.15) is 38.2 Å². The fourth-order valence-corrected chi connectivity index (χ4v) is 3.07. The van der Waals surface area contributed by atoms with Gasteiger partial charge in [-0.15, -0.1) is 5.10 Å². The predicted octanol–water partition coefficient (Wildman–Crippen LogP) is 2.57. The number of aromatic nitrogens is 3. The van der Waals surface area contributed by atoms with Crippen molar-refractivity contribution in [2.45, 2.75) is 44.8 Å². The zero-order chi connectivity index (χ0) is 18.0. The highest BCUT2D eigenvalue weighted by atomic mass is 19.4. The lowest BCUT2D eigenvalue weighted by atomic mass is 9.86. The average Bonchev–Trinajstić information content (AvgIpc) is 2.96. The van der Waals surface area contributed by atoms with Crippen molar-refractivity contribution in [3.05, 3.63) is 23.8 Å². The SMILES string of the molecule is C[C@H]1CCCC[C@@H]1NC(=O)COn1nnc2ccc(C(F)(F)F)cc21. The van der Waals surface area contributed by atoms with Gasteiger partial charge in [0.25, 0.3) is 5.91 Å². The van der Waals surface area contributed by atoms with Gasteiger partial charge < -0.3 is 10.2 Å². The third-order valence-electron chi connectivity index (χ3n) is 4.52. The molecule has 1 aromatic carbocycles. The van der Waals surface area contributed by atoms with E-state index in [1.54, 1.807) is 0 Å². The van der Waals surface area contributed by atoms with Crippen LogP contribution in [0.5, 0.6) is 0 Å². The van der Waals surface area contributed by atoms with Crippen molar-refractivity contribution in [1.29, 1.82) is 0 Å². The van der Waals surface area contributed by atoms with Crippen LogP contribution < -0.4 is 10.2 Å². The highest BCUT2D eigenvalue weighted by Gasteiger charge is 2.31. The first-order valence-electron chi connectivity index (χ1n) is 8.20. The number of hydrogen-bond acceptors (Lipinski definition) is 4. The van der Waals surface area contributed by atoms with Gasteiger partial charge in [0.2, 0.25) is 0 Å². The summed E-state index contributed by atoms with van der Waals surface area (Å²) in [6, 6.07) is 3.15. The maximum Gasteiger partial charge on any atom is 0.416 e. The number of halogens is 3. The quantitative estimate of drug-likeness (QED) is 0.914. The smallest absolute Gasteiger partial charge is 0.385 e. The molecule has 0 unspecified atom stereocenters. The van der Waals surface area contributed by atoms with E-state index >= 15 is 0 Å². The van der Waals surface area contributed by atoms with Gasteiger partial charge >= 0.3 is 6.18 Å². The zero-order valence-electron chi connectivity index (χ0n) is 13.7. The minimum atomic E-state index is -4.47. The van der Waals surface area contributed by atoms with E-state index in [9.17, 15) is 18.0 Å². The number of nitrogens with one attached hydrogen (secondary N) is 1. The molecule has 1 fully saturated rings. The van der Waals surface area contributed by atoms with Gasteiger partial charge in [-0.3, -0.25) is 4.79 Å². The largest absolute Gasteiger partial charge is 0.416 e. The van der Waals surface area contributed by atoms with Gasteiger partial charge in [0.15, 0.2) is 6.61 Å². The van der Waals surface area contributed by atoms with Crippen LogP contribution in [0.15, 0.2) is 18.2 Å². The van der Waals surface area contributed by atoms with Gasteiger partial charge in [-0.1, -0.05) is 24.6 Å². The predicted molar refractivity (Wildman–Crippen MR) is 83.5 cm³/mol. The standard InChI is InChI=1S/C16H19F3N4O2/c1-10-4-2-3-5-12(10)20-15(24)9-25-23-14-8-11(16(17,18)19)6-7-13(14)21-22-23/h6-8,10,12H,2-5,9H2,1H3,(H,20,24)/t10-,12-/m0/s1. The Morgan fingerprint density at radius 1 is 1.36 bits per heavy atom. The van der Waals surface area contributed by atoms with Crippen molar-refractivity contribution >= 4 is 16.9 Å². The zero-order valence-corrected chi connectivity index (χ0v) is 13.7. The van der Waals surface area contributed by atoms with Gasteiger partial charge in [0, 0.05) is 6.04 Å². The fraction of sp³-hybridized carbons (Fsp3) is 0.562. The topological polar surface area (TPSA) is 69.0 Å². The van der Waals surface area contributed by atoms with Gasteiger partial charge in [-0.25, -0.2) is 0 Å². The molecule has 0 saturated heterocycles. The molecule has 1 aliphatic rings. The van der Waals surface area contributed by atoms with Crippen LogP contribution in [0.4, 0.5) is 13.2 Å². The first-order chi connectivity index (χ1) is 11.8. The number of fused-ring (bicyclic) bond motifs is 1. The molecule has 1 amide bonds. The van der Waals surface area contributed by atoms with Crippen molar-refractivity contribution in [1.82, 2.24) is 20.5 Å². The third kappa shape index (κ3) is 4.02. The molecule has 6 nitrogen and oxygen atoms in total. The monoisotopic (exact) mass is 356 g/mol. The molecule has 0 aliphatic heterocycles. The molecular formula is C16H19F3N4O2. The lowest BCUT2D eigenvalue weighted by Crippen LogP contribution is -2.43. The summed E-state index contributed by atoms with van der Waals surface area (Å²) in [6.07, 6.45) is -0.244. The molecule has 136 valence electrons. The van der Waals surface area contributed by atoms with Crippen LogP contribution in [0, 0.1) is 5.92 Å². The van der Waals surface area contributed by atoms with Crippen LogP contribution in [0.25, 0.3) is 11.0 Å². The van der Waals surface area contributed by atoms with E-state index in [1.807, 2.05) is 0 Å². The first-order valence-corrected chi connectivity index (χ1v) is 8.20. The summed E-state index contributed by atoms with van der Waals surface area (Å²) in [5.74, 6) is 0.0774. The van der Waals surface area contributed by atoms with Crippen LogP contribution in [-0.4, -0.2) is 33.7 Å². The molecule has 3 rings (SSSR count). The summed E-state index contributed by atoms with van der Waals surface area (Å²) in [6.45, 7) is 1.76. The Morgan fingerprint density at radius 2 is 2.12 bits per heavy atom. The molecule has 1 aromatic heterocycles. The lowest BCUT2D eigenvalue weighted by Gasteiger charge is -2.29. The average molecular weight is 356 g/mol. The van der Waals surface area contributed by atoms with Gasteiger partial charge in [0.05, 0.1) is 5.56 Å². The number of nitrogens with zero attached hydrogens (tertiary/aromatic N) is 3. The molecule has 0 radical (unpaired) electrons.